The Bertz CT molecular complexity index is 1280. The number of rotatable bonds is 8. The lowest BCUT2D eigenvalue weighted by atomic mass is 9.98. The molecule has 37 heavy (non-hydrogen) atoms. The van der Waals surface area contributed by atoms with E-state index in [1.807, 2.05) is 32.0 Å². The minimum atomic E-state index is -0.448. The van der Waals surface area contributed by atoms with Crippen LogP contribution in [-0.4, -0.2) is 38.7 Å². The quantitative estimate of drug-likeness (QED) is 0.382. The molecule has 1 aliphatic rings. The fraction of sp³-hybridized carbons (Fsp3) is 0.310. The van der Waals surface area contributed by atoms with Crippen molar-refractivity contribution in [3.63, 3.8) is 0 Å². The van der Waals surface area contributed by atoms with E-state index in [-0.39, 0.29) is 11.9 Å². The van der Waals surface area contributed by atoms with E-state index < -0.39 is 6.03 Å². The van der Waals surface area contributed by atoms with Gasteiger partial charge in [0.05, 0.1) is 25.5 Å². The van der Waals surface area contributed by atoms with E-state index in [4.69, 9.17) is 9.47 Å². The second-order valence-corrected chi connectivity index (χ2v) is 9.10. The number of fused-ring (bicyclic) bond motifs is 1. The number of carbonyl (C=O) groups is 2. The Labute approximate surface area is 218 Å². The molecule has 3 aromatic rings. The molecule has 3 amide bonds. The minimum absolute atomic E-state index is 0.0323. The summed E-state index contributed by atoms with van der Waals surface area (Å²) in [5.74, 6) is 0.934. The Morgan fingerprint density at radius 3 is 2.49 bits per heavy atom. The van der Waals surface area contributed by atoms with Crippen molar-refractivity contribution in [2.75, 3.05) is 36.3 Å². The molecular weight excluding hydrogens is 468 g/mol. The topological polar surface area (TPSA) is 91.9 Å². The average molecular weight is 503 g/mol. The average Bonchev–Trinajstić information content (AvgIpc) is 2.92. The number of hydrogen-bond donors (Lipinski definition) is 3. The lowest BCUT2D eigenvalue weighted by molar-refractivity contribution is 0.0939. The first-order valence-corrected chi connectivity index (χ1v) is 12.5. The number of ether oxygens (including phenoxy) is 2. The number of amides is 3. The van der Waals surface area contributed by atoms with Gasteiger partial charge in [-0.2, -0.15) is 0 Å². The molecule has 8 heteroatoms. The second-order valence-electron chi connectivity index (χ2n) is 9.10. The molecule has 4 rings (SSSR count). The van der Waals surface area contributed by atoms with E-state index in [1.165, 1.54) is 18.2 Å². The Morgan fingerprint density at radius 1 is 0.973 bits per heavy atom. The molecule has 3 N–H and O–H groups in total. The molecule has 3 aromatic carbocycles. The first kappa shape index (κ1) is 25.9. The SMILES string of the molecule is CCC(C)NC(=O)c1cc(NC(=O)Nc2ccc(OC)cc2OC)ccc1N1CCc2ccccc2C1. The number of urea groups is 1. The van der Waals surface area contributed by atoms with Crippen LogP contribution in [0.15, 0.2) is 60.7 Å². The fourth-order valence-corrected chi connectivity index (χ4v) is 4.36. The number of hydrogen-bond acceptors (Lipinski definition) is 5. The number of anilines is 3. The third-order valence-electron chi connectivity index (χ3n) is 6.62. The molecule has 0 aromatic heterocycles. The largest absolute Gasteiger partial charge is 0.497 e. The molecule has 0 bridgehead atoms. The van der Waals surface area contributed by atoms with Crippen LogP contribution in [0.2, 0.25) is 0 Å². The highest BCUT2D eigenvalue weighted by Crippen LogP contribution is 2.31. The summed E-state index contributed by atoms with van der Waals surface area (Å²) in [5.41, 5.74) is 4.99. The smallest absolute Gasteiger partial charge is 0.323 e. The predicted octanol–water partition coefficient (Wildman–Crippen LogP) is 5.44. The summed E-state index contributed by atoms with van der Waals surface area (Å²) in [7, 11) is 3.09. The zero-order chi connectivity index (χ0) is 26.4. The molecular formula is C29H34N4O4. The number of nitrogens with zero attached hydrogens (tertiary/aromatic N) is 1. The van der Waals surface area contributed by atoms with Crippen molar-refractivity contribution in [3.05, 3.63) is 77.4 Å². The monoisotopic (exact) mass is 502 g/mol. The summed E-state index contributed by atoms with van der Waals surface area (Å²) < 4.78 is 10.6. The second kappa shape index (κ2) is 11.7. The molecule has 0 aliphatic carbocycles. The Balaban J connectivity index is 1.57. The van der Waals surface area contributed by atoms with Crippen molar-refractivity contribution in [2.24, 2.45) is 0 Å². The van der Waals surface area contributed by atoms with Gasteiger partial charge in [0.15, 0.2) is 0 Å². The van der Waals surface area contributed by atoms with Crippen molar-refractivity contribution < 1.29 is 19.1 Å². The van der Waals surface area contributed by atoms with E-state index in [0.717, 1.165) is 31.6 Å². The van der Waals surface area contributed by atoms with Crippen LogP contribution in [0.5, 0.6) is 11.5 Å². The summed E-state index contributed by atoms with van der Waals surface area (Å²) in [4.78, 5) is 28.3. The molecule has 0 fully saturated rings. The predicted molar refractivity (Wildman–Crippen MR) is 147 cm³/mol. The van der Waals surface area contributed by atoms with Gasteiger partial charge in [0.1, 0.15) is 11.5 Å². The summed E-state index contributed by atoms with van der Waals surface area (Å²) in [6.45, 7) is 5.55. The van der Waals surface area contributed by atoms with Gasteiger partial charge in [0.2, 0.25) is 0 Å². The number of methoxy groups -OCH3 is 2. The maximum atomic E-state index is 13.3. The Kier molecular flexibility index (Phi) is 8.18. The maximum absolute atomic E-state index is 13.3. The summed E-state index contributed by atoms with van der Waals surface area (Å²) in [6, 6.07) is 18.6. The van der Waals surface area contributed by atoms with Gasteiger partial charge in [-0.3, -0.25) is 4.79 Å². The van der Waals surface area contributed by atoms with E-state index in [2.05, 4.69) is 39.0 Å². The van der Waals surface area contributed by atoms with Crippen LogP contribution in [-0.2, 0) is 13.0 Å². The van der Waals surface area contributed by atoms with E-state index >= 15 is 0 Å². The summed E-state index contributed by atoms with van der Waals surface area (Å²) >= 11 is 0. The molecule has 0 radical (unpaired) electrons. The van der Waals surface area contributed by atoms with Crippen molar-refractivity contribution in [3.8, 4) is 11.5 Å². The zero-order valence-electron chi connectivity index (χ0n) is 21.8. The van der Waals surface area contributed by atoms with Crippen molar-refractivity contribution in [2.45, 2.75) is 39.3 Å². The van der Waals surface area contributed by atoms with Gasteiger partial charge in [-0.15, -0.1) is 0 Å². The molecule has 1 heterocycles. The molecule has 1 aliphatic heterocycles. The van der Waals surface area contributed by atoms with Gasteiger partial charge in [-0.05, 0) is 61.2 Å². The van der Waals surface area contributed by atoms with Crippen molar-refractivity contribution in [1.82, 2.24) is 5.32 Å². The number of benzene rings is 3. The summed E-state index contributed by atoms with van der Waals surface area (Å²) in [6.07, 6.45) is 1.73. The van der Waals surface area contributed by atoms with Crippen LogP contribution in [0.1, 0.15) is 41.8 Å². The first-order chi connectivity index (χ1) is 17.9. The molecule has 0 saturated carbocycles. The van der Waals surface area contributed by atoms with Gasteiger partial charge < -0.3 is 30.3 Å². The van der Waals surface area contributed by atoms with Crippen LogP contribution in [0, 0.1) is 0 Å². The van der Waals surface area contributed by atoms with Gasteiger partial charge in [0.25, 0.3) is 5.91 Å². The van der Waals surface area contributed by atoms with Crippen LogP contribution in [0.4, 0.5) is 21.9 Å². The van der Waals surface area contributed by atoms with E-state index in [9.17, 15) is 9.59 Å². The number of carbonyl (C=O) groups excluding carboxylic acids is 2. The molecule has 0 spiro atoms. The van der Waals surface area contributed by atoms with Crippen molar-refractivity contribution >= 4 is 29.0 Å². The standard InChI is InChI=1S/C29H34N4O4/c1-5-19(2)30-28(34)24-16-22(31-29(35)32-25-12-11-23(36-3)17-27(25)37-4)10-13-26(24)33-15-14-20-8-6-7-9-21(20)18-33/h6-13,16-17,19H,5,14-15,18H2,1-4H3,(H,30,34)(H2,31,32,35). The van der Waals surface area contributed by atoms with E-state index in [1.54, 1.807) is 31.4 Å². The Hall–Kier alpha value is -4.20. The first-order valence-electron chi connectivity index (χ1n) is 12.5. The molecule has 194 valence electrons. The highest BCUT2D eigenvalue weighted by Gasteiger charge is 2.23. The van der Waals surface area contributed by atoms with Crippen molar-refractivity contribution in [1.29, 1.82) is 0 Å². The van der Waals surface area contributed by atoms with Crippen LogP contribution >= 0.6 is 0 Å². The molecule has 8 nitrogen and oxygen atoms in total. The minimum Gasteiger partial charge on any atom is -0.497 e. The fourth-order valence-electron chi connectivity index (χ4n) is 4.36. The van der Waals surface area contributed by atoms with Crippen LogP contribution in [0.25, 0.3) is 0 Å². The normalized spacial score (nSPS) is 13.2. The van der Waals surface area contributed by atoms with Gasteiger partial charge in [-0.1, -0.05) is 31.2 Å². The third kappa shape index (κ3) is 6.14. The molecule has 1 unspecified atom stereocenters. The zero-order valence-corrected chi connectivity index (χ0v) is 21.8. The highest BCUT2D eigenvalue weighted by molar-refractivity contribution is 6.04. The lowest BCUT2D eigenvalue weighted by Gasteiger charge is -2.32. The summed E-state index contributed by atoms with van der Waals surface area (Å²) in [5, 5.41) is 8.71. The van der Waals surface area contributed by atoms with Gasteiger partial charge in [0, 0.05) is 36.6 Å². The van der Waals surface area contributed by atoms with E-state index in [0.29, 0.717) is 28.4 Å². The molecule has 0 saturated heterocycles. The Morgan fingerprint density at radius 2 is 1.76 bits per heavy atom. The molecule has 1 atom stereocenters. The van der Waals surface area contributed by atoms with Crippen LogP contribution in [0.3, 0.4) is 0 Å². The van der Waals surface area contributed by atoms with Gasteiger partial charge >= 0.3 is 6.03 Å². The third-order valence-corrected chi connectivity index (χ3v) is 6.62. The highest BCUT2D eigenvalue weighted by atomic mass is 16.5. The lowest BCUT2D eigenvalue weighted by Crippen LogP contribution is -2.36. The van der Waals surface area contributed by atoms with Gasteiger partial charge in [-0.25, -0.2) is 4.79 Å². The maximum Gasteiger partial charge on any atom is 0.323 e. The van der Waals surface area contributed by atoms with Crippen LogP contribution < -0.4 is 30.3 Å². The number of nitrogens with one attached hydrogen (secondary N) is 3.